The lowest BCUT2D eigenvalue weighted by Crippen LogP contribution is -2.59. The molecule has 0 aliphatic carbocycles. The molecule has 2 rings (SSSR count). The minimum absolute atomic E-state index is 0.208. The molecule has 1 heterocycles. The number of phenolic OH excluding ortho intramolecular Hbond substituents is 1. The van der Waals surface area contributed by atoms with E-state index < -0.39 is 37.3 Å². The van der Waals surface area contributed by atoms with Crippen LogP contribution in [0.25, 0.3) is 0 Å². The van der Waals surface area contributed by atoms with E-state index in [2.05, 4.69) is 0 Å². The van der Waals surface area contributed by atoms with Gasteiger partial charge in [0, 0.05) is 0 Å². The van der Waals surface area contributed by atoms with Gasteiger partial charge in [-0.15, -0.1) is 0 Å². The molecule has 23 heavy (non-hydrogen) atoms. The molecule has 1 aliphatic heterocycles. The van der Waals surface area contributed by atoms with Gasteiger partial charge in [-0.1, -0.05) is 12.1 Å². The van der Waals surface area contributed by atoms with Crippen LogP contribution in [0.3, 0.4) is 0 Å². The van der Waals surface area contributed by atoms with Crippen LogP contribution in [0.5, 0.6) is 5.75 Å². The molecule has 1 saturated heterocycles. The first kappa shape index (κ1) is 18.1. The quantitative estimate of drug-likeness (QED) is 0.479. The van der Waals surface area contributed by atoms with E-state index >= 15 is 0 Å². The molecule has 5 N–H and O–H groups in total. The van der Waals surface area contributed by atoms with Crippen LogP contribution in [-0.4, -0.2) is 68.9 Å². The largest absolute Gasteiger partial charge is 0.508 e. The molecule has 0 aromatic heterocycles. The maximum atomic E-state index is 9.92. The summed E-state index contributed by atoms with van der Waals surface area (Å²) in [7, 11) is 0. The fourth-order valence-electron chi connectivity index (χ4n) is 2.51. The minimum Gasteiger partial charge on any atom is -0.508 e. The summed E-state index contributed by atoms with van der Waals surface area (Å²) in [6.45, 7) is 1.33. The van der Waals surface area contributed by atoms with Crippen molar-refractivity contribution < 1.29 is 35.0 Å². The third-order valence-corrected chi connectivity index (χ3v) is 3.99. The van der Waals surface area contributed by atoms with Gasteiger partial charge in [-0.05, 0) is 37.5 Å². The van der Waals surface area contributed by atoms with Crippen molar-refractivity contribution >= 4 is 0 Å². The summed E-state index contributed by atoms with van der Waals surface area (Å²) in [6, 6.07) is 6.85. The lowest BCUT2D eigenvalue weighted by Gasteiger charge is -2.40. The average molecular weight is 328 g/mol. The van der Waals surface area contributed by atoms with Gasteiger partial charge >= 0.3 is 0 Å². The molecule has 1 aromatic carbocycles. The normalized spacial score (nSPS) is 32.7. The lowest BCUT2D eigenvalue weighted by atomic mass is 9.99. The first-order valence-electron chi connectivity index (χ1n) is 7.66. The Kier molecular flexibility index (Phi) is 6.34. The summed E-state index contributed by atoms with van der Waals surface area (Å²) in [5.74, 6) is 0.208. The maximum absolute atomic E-state index is 9.92. The van der Waals surface area contributed by atoms with Crippen LogP contribution in [0.15, 0.2) is 24.3 Å². The summed E-state index contributed by atoms with van der Waals surface area (Å²) in [6.07, 6.45) is -5.21. The molecule has 0 unspecified atom stereocenters. The van der Waals surface area contributed by atoms with Gasteiger partial charge in [0.05, 0.1) is 12.7 Å². The van der Waals surface area contributed by atoms with Crippen LogP contribution in [0.1, 0.15) is 18.9 Å². The fourth-order valence-corrected chi connectivity index (χ4v) is 2.51. The highest BCUT2D eigenvalue weighted by Crippen LogP contribution is 2.23. The standard InChI is InChI=1S/C16H24O7/c1-9(2-3-10-4-6-11(18)7-5-10)22-16-15(21)14(20)13(19)12(8-17)23-16/h4-7,9,12-21H,2-3,8H2,1H3/t9-,12-,13+,14+,15-,16-/m1/s1. The van der Waals surface area contributed by atoms with Crippen molar-refractivity contribution in [2.75, 3.05) is 6.61 Å². The van der Waals surface area contributed by atoms with Crippen molar-refractivity contribution in [1.29, 1.82) is 0 Å². The third kappa shape index (κ3) is 4.63. The molecule has 0 amide bonds. The van der Waals surface area contributed by atoms with E-state index in [1.165, 1.54) is 0 Å². The SMILES string of the molecule is C[C@H](CCc1ccc(O)cc1)O[C@@H]1O[C@H](CO)[C@H](O)[C@H](O)[C@H]1O. The van der Waals surface area contributed by atoms with Gasteiger partial charge in [0.1, 0.15) is 30.2 Å². The maximum Gasteiger partial charge on any atom is 0.186 e. The van der Waals surface area contributed by atoms with Crippen LogP contribution < -0.4 is 0 Å². The van der Waals surface area contributed by atoms with Crippen molar-refractivity contribution in [3.8, 4) is 5.75 Å². The van der Waals surface area contributed by atoms with Gasteiger partial charge in [0.15, 0.2) is 6.29 Å². The Bertz CT molecular complexity index is 476. The number of benzene rings is 1. The zero-order valence-electron chi connectivity index (χ0n) is 12.9. The van der Waals surface area contributed by atoms with Crippen LogP contribution in [0.4, 0.5) is 0 Å². The number of aliphatic hydroxyl groups is 4. The Labute approximate surface area is 134 Å². The van der Waals surface area contributed by atoms with Crippen LogP contribution >= 0.6 is 0 Å². The summed E-state index contributed by atoms with van der Waals surface area (Å²) in [5, 5.41) is 47.7. The molecule has 6 atom stereocenters. The Morgan fingerprint density at radius 3 is 2.35 bits per heavy atom. The molecular weight excluding hydrogens is 304 g/mol. The molecule has 1 aliphatic rings. The molecule has 1 fully saturated rings. The van der Waals surface area contributed by atoms with E-state index in [0.29, 0.717) is 12.8 Å². The van der Waals surface area contributed by atoms with E-state index in [-0.39, 0.29) is 11.9 Å². The van der Waals surface area contributed by atoms with Crippen LogP contribution in [0.2, 0.25) is 0 Å². The van der Waals surface area contributed by atoms with Crippen LogP contribution in [0, 0.1) is 0 Å². The molecule has 0 bridgehead atoms. The highest BCUT2D eigenvalue weighted by molar-refractivity contribution is 5.25. The van der Waals surface area contributed by atoms with Gasteiger partial charge < -0.3 is 35.0 Å². The summed E-state index contributed by atoms with van der Waals surface area (Å²) in [4.78, 5) is 0. The van der Waals surface area contributed by atoms with Gasteiger partial charge in [-0.2, -0.15) is 0 Å². The predicted molar refractivity (Wildman–Crippen MR) is 80.7 cm³/mol. The molecular formula is C16H24O7. The van der Waals surface area contributed by atoms with E-state index in [4.69, 9.17) is 14.6 Å². The topological polar surface area (TPSA) is 120 Å². The van der Waals surface area contributed by atoms with Crippen molar-refractivity contribution in [3.05, 3.63) is 29.8 Å². The molecule has 7 heteroatoms. The zero-order chi connectivity index (χ0) is 17.0. The van der Waals surface area contributed by atoms with Gasteiger partial charge in [-0.3, -0.25) is 0 Å². The van der Waals surface area contributed by atoms with Crippen LogP contribution in [-0.2, 0) is 15.9 Å². The highest BCUT2D eigenvalue weighted by atomic mass is 16.7. The summed E-state index contributed by atoms with van der Waals surface area (Å²) < 4.78 is 10.9. The van der Waals surface area contributed by atoms with Gasteiger partial charge in [0.2, 0.25) is 0 Å². The number of phenols is 1. The van der Waals surface area contributed by atoms with Crippen molar-refractivity contribution in [2.45, 2.75) is 56.6 Å². The molecule has 130 valence electrons. The average Bonchev–Trinajstić information content (AvgIpc) is 2.55. The first-order valence-corrected chi connectivity index (χ1v) is 7.66. The second kappa shape index (κ2) is 8.05. The van der Waals surface area contributed by atoms with E-state index in [9.17, 15) is 20.4 Å². The van der Waals surface area contributed by atoms with Crippen molar-refractivity contribution in [1.82, 2.24) is 0 Å². The zero-order valence-corrected chi connectivity index (χ0v) is 12.9. The number of hydrogen-bond acceptors (Lipinski definition) is 7. The Morgan fingerprint density at radius 2 is 1.74 bits per heavy atom. The molecule has 0 radical (unpaired) electrons. The number of aliphatic hydroxyl groups excluding tert-OH is 4. The van der Waals surface area contributed by atoms with Gasteiger partial charge in [-0.25, -0.2) is 0 Å². The number of aromatic hydroxyl groups is 1. The number of aryl methyl sites for hydroxylation is 1. The number of ether oxygens (including phenoxy) is 2. The van der Waals surface area contributed by atoms with E-state index in [1.54, 1.807) is 12.1 Å². The second-order valence-electron chi connectivity index (χ2n) is 5.85. The minimum atomic E-state index is -1.44. The number of hydrogen-bond donors (Lipinski definition) is 5. The smallest absolute Gasteiger partial charge is 0.186 e. The highest BCUT2D eigenvalue weighted by Gasteiger charge is 2.44. The fraction of sp³-hybridized carbons (Fsp3) is 0.625. The molecule has 7 nitrogen and oxygen atoms in total. The predicted octanol–water partition coefficient (Wildman–Crippen LogP) is -0.470. The number of rotatable bonds is 6. The van der Waals surface area contributed by atoms with Gasteiger partial charge in [0.25, 0.3) is 0 Å². The van der Waals surface area contributed by atoms with Crippen molar-refractivity contribution in [2.24, 2.45) is 0 Å². The van der Waals surface area contributed by atoms with E-state index in [1.807, 2.05) is 19.1 Å². The third-order valence-electron chi connectivity index (χ3n) is 3.99. The van der Waals surface area contributed by atoms with Crippen molar-refractivity contribution in [3.63, 3.8) is 0 Å². The van der Waals surface area contributed by atoms with E-state index in [0.717, 1.165) is 5.56 Å². The molecule has 0 saturated carbocycles. The summed E-state index contributed by atoms with van der Waals surface area (Å²) >= 11 is 0. The first-order chi connectivity index (χ1) is 10.9. The Hall–Kier alpha value is -1.22. The lowest BCUT2D eigenvalue weighted by molar-refractivity contribution is -0.310. The second-order valence-corrected chi connectivity index (χ2v) is 5.85. The molecule has 1 aromatic rings. The Morgan fingerprint density at radius 1 is 1.09 bits per heavy atom. The Balaban J connectivity index is 1.86. The summed E-state index contributed by atoms with van der Waals surface area (Å²) in [5.41, 5.74) is 1.03. The molecule has 0 spiro atoms. The monoisotopic (exact) mass is 328 g/mol.